The monoisotopic (exact) mass is 168 g/mol. The quantitative estimate of drug-likeness (QED) is 0.717. The number of aromatic nitrogens is 3. The van der Waals surface area contributed by atoms with Gasteiger partial charge >= 0.3 is 6.01 Å². The maximum Gasteiger partial charge on any atom is 0.321 e. The second-order valence-corrected chi connectivity index (χ2v) is 2.17. The van der Waals surface area contributed by atoms with Crippen molar-refractivity contribution in [3.8, 4) is 6.01 Å². The highest BCUT2D eigenvalue weighted by Gasteiger charge is 2.01. The molecule has 0 radical (unpaired) electrons. The summed E-state index contributed by atoms with van der Waals surface area (Å²) in [7, 11) is 1.75. The summed E-state index contributed by atoms with van der Waals surface area (Å²) in [5.41, 5.74) is 0. The molecule has 0 saturated carbocycles. The van der Waals surface area contributed by atoms with Crippen LogP contribution >= 0.6 is 0 Å². The maximum absolute atomic E-state index is 5.13. The molecule has 0 aromatic carbocycles. The Labute approximate surface area is 71.2 Å². The molecule has 0 spiro atoms. The van der Waals surface area contributed by atoms with Gasteiger partial charge in [-0.25, -0.2) is 0 Å². The summed E-state index contributed by atoms with van der Waals surface area (Å²) in [4.78, 5) is 12.0. The van der Waals surface area contributed by atoms with Crippen molar-refractivity contribution in [2.45, 2.75) is 13.8 Å². The van der Waals surface area contributed by atoms with E-state index in [1.165, 1.54) is 0 Å². The van der Waals surface area contributed by atoms with Gasteiger partial charge < -0.3 is 10.1 Å². The van der Waals surface area contributed by atoms with Crippen molar-refractivity contribution in [2.75, 3.05) is 19.0 Å². The van der Waals surface area contributed by atoms with Crippen LogP contribution in [0.5, 0.6) is 6.01 Å². The Morgan fingerprint density at radius 2 is 2.08 bits per heavy atom. The molecular formula is C7H12N4O. The van der Waals surface area contributed by atoms with Crippen molar-refractivity contribution in [2.24, 2.45) is 0 Å². The van der Waals surface area contributed by atoms with E-state index in [9.17, 15) is 0 Å². The predicted octanol–water partition coefficient (Wildman–Crippen LogP) is 0.620. The van der Waals surface area contributed by atoms with E-state index in [2.05, 4.69) is 20.3 Å². The molecule has 1 aromatic heterocycles. The number of aryl methyl sites for hydroxylation is 1. The summed E-state index contributed by atoms with van der Waals surface area (Å²) in [5, 5.41) is 2.82. The van der Waals surface area contributed by atoms with Crippen molar-refractivity contribution in [1.29, 1.82) is 0 Å². The Bertz CT molecular complexity index is 264. The van der Waals surface area contributed by atoms with E-state index >= 15 is 0 Å². The largest absolute Gasteiger partial charge is 0.464 e. The molecule has 0 aliphatic heterocycles. The summed E-state index contributed by atoms with van der Waals surface area (Å²) >= 11 is 0. The van der Waals surface area contributed by atoms with E-state index in [4.69, 9.17) is 4.74 Å². The molecule has 0 bridgehead atoms. The first-order chi connectivity index (χ1) is 5.76. The van der Waals surface area contributed by atoms with Gasteiger partial charge in [0.05, 0.1) is 6.61 Å². The lowest BCUT2D eigenvalue weighted by atomic mass is 10.7. The fourth-order valence-electron chi connectivity index (χ4n) is 0.763. The topological polar surface area (TPSA) is 59.9 Å². The Morgan fingerprint density at radius 1 is 1.33 bits per heavy atom. The summed E-state index contributed by atoms with van der Waals surface area (Å²) in [6, 6.07) is 0.370. The van der Waals surface area contributed by atoms with Gasteiger partial charge in [0.15, 0.2) is 0 Å². The van der Waals surface area contributed by atoms with E-state index in [0.717, 1.165) is 0 Å². The highest BCUT2D eigenvalue weighted by Crippen LogP contribution is 2.05. The highest BCUT2D eigenvalue weighted by atomic mass is 16.5. The van der Waals surface area contributed by atoms with Crippen LogP contribution in [0.15, 0.2) is 0 Å². The highest BCUT2D eigenvalue weighted by molar-refractivity contribution is 5.23. The fourth-order valence-corrected chi connectivity index (χ4v) is 0.763. The van der Waals surface area contributed by atoms with Gasteiger partial charge in [0, 0.05) is 7.05 Å². The summed E-state index contributed by atoms with van der Waals surface area (Å²) in [6.07, 6.45) is 0. The maximum atomic E-state index is 5.13. The van der Waals surface area contributed by atoms with E-state index < -0.39 is 0 Å². The first kappa shape index (κ1) is 8.70. The normalized spacial score (nSPS) is 9.58. The van der Waals surface area contributed by atoms with E-state index in [-0.39, 0.29) is 0 Å². The lowest BCUT2D eigenvalue weighted by Gasteiger charge is -2.03. The van der Waals surface area contributed by atoms with Crippen LogP contribution in [0.4, 0.5) is 5.95 Å². The molecule has 0 aliphatic carbocycles. The van der Waals surface area contributed by atoms with E-state index in [1.807, 2.05) is 6.92 Å². The Hall–Kier alpha value is -1.39. The van der Waals surface area contributed by atoms with E-state index in [1.54, 1.807) is 14.0 Å². The SMILES string of the molecule is CCOc1nc(C)nc(NC)n1. The van der Waals surface area contributed by atoms with Crippen molar-refractivity contribution in [1.82, 2.24) is 15.0 Å². The third-order valence-electron chi connectivity index (χ3n) is 1.22. The van der Waals surface area contributed by atoms with Crippen LogP contribution in [0.3, 0.4) is 0 Å². The molecule has 0 saturated heterocycles. The summed E-state index contributed by atoms with van der Waals surface area (Å²) in [6.45, 7) is 4.25. The smallest absolute Gasteiger partial charge is 0.321 e. The van der Waals surface area contributed by atoms with Gasteiger partial charge in [-0.2, -0.15) is 15.0 Å². The van der Waals surface area contributed by atoms with Gasteiger partial charge in [0.2, 0.25) is 5.95 Å². The van der Waals surface area contributed by atoms with Crippen molar-refractivity contribution in [3.63, 3.8) is 0 Å². The minimum absolute atomic E-state index is 0.370. The van der Waals surface area contributed by atoms with Crippen molar-refractivity contribution >= 4 is 5.95 Å². The molecule has 1 N–H and O–H groups in total. The molecule has 0 aliphatic rings. The Morgan fingerprint density at radius 3 is 2.67 bits per heavy atom. The molecule has 1 rings (SSSR count). The number of hydrogen-bond donors (Lipinski definition) is 1. The van der Waals surface area contributed by atoms with Crippen LogP contribution in [-0.2, 0) is 0 Å². The molecule has 5 nitrogen and oxygen atoms in total. The molecule has 1 heterocycles. The first-order valence-corrected chi connectivity index (χ1v) is 3.79. The molecule has 0 amide bonds. The molecule has 5 heteroatoms. The summed E-state index contributed by atoms with van der Waals surface area (Å²) in [5.74, 6) is 1.18. The zero-order valence-corrected chi connectivity index (χ0v) is 7.46. The van der Waals surface area contributed by atoms with Crippen LogP contribution in [0.1, 0.15) is 12.7 Å². The van der Waals surface area contributed by atoms with Crippen molar-refractivity contribution in [3.05, 3.63) is 5.82 Å². The predicted molar refractivity (Wildman–Crippen MR) is 45.3 cm³/mol. The lowest BCUT2D eigenvalue weighted by Crippen LogP contribution is -2.04. The first-order valence-electron chi connectivity index (χ1n) is 3.79. The van der Waals surface area contributed by atoms with Crippen molar-refractivity contribution < 1.29 is 4.74 Å². The lowest BCUT2D eigenvalue weighted by molar-refractivity contribution is 0.311. The summed E-state index contributed by atoms with van der Waals surface area (Å²) < 4.78 is 5.13. The number of rotatable bonds is 3. The second kappa shape index (κ2) is 3.85. The average molecular weight is 168 g/mol. The van der Waals surface area contributed by atoms with Crippen LogP contribution in [0.2, 0.25) is 0 Å². The minimum atomic E-state index is 0.370. The molecule has 66 valence electrons. The molecule has 12 heavy (non-hydrogen) atoms. The van der Waals surface area contributed by atoms with E-state index in [0.29, 0.717) is 24.4 Å². The number of anilines is 1. The van der Waals surface area contributed by atoms with Crippen LogP contribution < -0.4 is 10.1 Å². The van der Waals surface area contributed by atoms with Gasteiger partial charge in [0.1, 0.15) is 5.82 Å². The Kier molecular flexibility index (Phi) is 2.79. The number of ether oxygens (including phenoxy) is 1. The zero-order valence-electron chi connectivity index (χ0n) is 7.46. The molecule has 0 atom stereocenters. The standard InChI is InChI=1S/C7H12N4O/c1-4-12-7-10-5(2)9-6(8-3)11-7/h4H2,1-3H3,(H,8,9,10,11). The van der Waals surface area contributed by atoms with Gasteiger partial charge in [-0.3, -0.25) is 0 Å². The number of nitrogens with zero attached hydrogens (tertiary/aromatic N) is 3. The third kappa shape index (κ3) is 2.05. The molecular weight excluding hydrogens is 156 g/mol. The van der Waals surface area contributed by atoms with Gasteiger partial charge in [0.25, 0.3) is 0 Å². The van der Waals surface area contributed by atoms with Gasteiger partial charge in [-0.05, 0) is 13.8 Å². The van der Waals surface area contributed by atoms with Crippen LogP contribution in [-0.4, -0.2) is 28.6 Å². The Balaban J connectivity index is 2.90. The van der Waals surface area contributed by atoms with Gasteiger partial charge in [-0.15, -0.1) is 0 Å². The van der Waals surface area contributed by atoms with Crippen LogP contribution in [0, 0.1) is 6.92 Å². The molecule has 0 fully saturated rings. The average Bonchev–Trinajstić information content (AvgIpc) is 2.04. The second-order valence-electron chi connectivity index (χ2n) is 2.17. The third-order valence-corrected chi connectivity index (χ3v) is 1.22. The van der Waals surface area contributed by atoms with Gasteiger partial charge in [-0.1, -0.05) is 0 Å². The number of nitrogens with one attached hydrogen (secondary N) is 1. The molecule has 1 aromatic rings. The van der Waals surface area contributed by atoms with Crippen LogP contribution in [0.25, 0.3) is 0 Å². The number of hydrogen-bond acceptors (Lipinski definition) is 5. The molecule has 0 unspecified atom stereocenters. The minimum Gasteiger partial charge on any atom is -0.464 e. The fraction of sp³-hybridized carbons (Fsp3) is 0.571. The zero-order chi connectivity index (χ0) is 8.97.